The van der Waals surface area contributed by atoms with Gasteiger partial charge in [0.1, 0.15) is 5.75 Å². The van der Waals surface area contributed by atoms with E-state index in [0.717, 1.165) is 23.2 Å². The molecule has 0 spiro atoms. The third-order valence-corrected chi connectivity index (χ3v) is 5.52. The topological polar surface area (TPSA) is 58.6 Å². The number of hydrogen-bond acceptors (Lipinski definition) is 3. The maximum Gasteiger partial charge on any atom is 0.264 e. The highest BCUT2D eigenvalue weighted by atomic mass is 16.5. The van der Waals surface area contributed by atoms with E-state index in [0.29, 0.717) is 25.1 Å². The van der Waals surface area contributed by atoms with Gasteiger partial charge >= 0.3 is 0 Å². The number of carbonyl (C=O) groups is 2. The summed E-state index contributed by atoms with van der Waals surface area (Å²) >= 11 is 0. The van der Waals surface area contributed by atoms with E-state index in [4.69, 9.17) is 4.74 Å². The van der Waals surface area contributed by atoms with Gasteiger partial charge in [-0.05, 0) is 42.0 Å². The van der Waals surface area contributed by atoms with Crippen LogP contribution in [0.4, 0.5) is 5.69 Å². The lowest BCUT2D eigenvalue weighted by atomic mass is 9.92. The monoisotopic (exact) mass is 422 g/mol. The Bertz CT molecular complexity index is 918. The predicted octanol–water partition coefficient (Wildman–Crippen LogP) is 5.71. The molecule has 2 aromatic rings. The zero-order valence-electron chi connectivity index (χ0n) is 19.3. The van der Waals surface area contributed by atoms with Gasteiger partial charge in [0.2, 0.25) is 5.91 Å². The summed E-state index contributed by atoms with van der Waals surface area (Å²) in [6.07, 6.45) is 1.34. The number of fused-ring (bicyclic) bond motifs is 1. The van der Waals surface area contributed by atoms with Gasteiger partial charge < -0.3 is 15.0 Å². The van der Waals surface area contributed by atoms with Crippen LogP contribution in [0.15, 0.2) is 48.5 Å². The molecule has 166 valence electrons. The first-order valence-electron chi connectivity index (χ1n) is 11.2. The first-order valence-corrected chi connectivity index (χ1v) is 11.2. The number of hydrogen-bond donors (Lipinski definition) is 1. The van der Waals surface area contributed by atoms with E-state index in [1.165, 1.54) is 0 Å². The zero-order valence-corrected chi connectivity index (χ0v) is 19.3. The molecule has 5 heteroatoms. The Labute approximate surface area is 185 Å². The largest absolute Gasteiger partial charge is 0.480 e. The molecule has 31 heavy (non-hydrogen) atoms. The number of rotatable bonds is 6. The number of amides is 2. The van der Waals surface area contributed by atoms with Crippen molar-refractivity contribution in [1.29, 1.82) is 0 Å². The smallest absolute Gasteiger partial charge is 0.264 e. The maximum atomic E-state index is 13.4. The van der Waals surface area contributed by atoms with Gasteiger partial charge in [0, 0.05) is 17.7 Å². The molecule has 2 amide bonds. The average Bonchev–Trinajstić information content (AvgIpc) is 2.84. The molecule has 2 aromatic carbocycles. The fraction of sp³-hybridized carbons (Fsp3) is 0.462. The van der Waals surface area contributed by atoms with Crippen LogP contribution < -0.4 is 10.1 Å². The van der Waals surface area contributed by atoms with E-state index in [1.807, 2.05) is 69.0 Å². The maximum absolute atomic E-state index is 13.4. The summed E-state index contributed by atoms with van der Waals surface area (Å²) < 4.78 is 6.12. The van der Waals surface area contributed by atoms with Crippen LogP contribution in [0.5, 0.6) is 5.75 Å². The van der Waals surface area contributed by atoms with Crippen LogP contribution in [0.3, 0.4) is 0 Å². The predicted molar refractivity (Wildman–Crippen MR) is 124 cm³/mol. The molecule has 0 aliphatic carbocycles. The van der Waals surface area contributed by atoms with Crippen molar-refractivity contribution in [2.24, 2.45) is 5.41 Å². The lowest BCUT2D eigenvalue weighted by Gasteiger charge is -2.32. The number of nitrogens with zero attached hydrogens (tertiary/aromatic N) is 1. The van der Waals surface area contributed by atoms with Crippen molar-refractivity contribution in [3.8, 4) is 5.75 Å². The van der Waals surface area contributed by atoms with Crippen LogP contribution in [0, 0.1) is 5.41 Å². The van der Waals surface area contributed by atoms with Crippen molar-refractivity contribution < 1.29 is 14.3 Å². The van der Waals surface area contributed by atoms with Crippen molar-refractivity contribution in [3.63, 3.8) is 0 Å². The molecule has 1 aliphatic heterocycles. The highest BCUT2D eigenvalue weighted by molar-refractivity contribution is 5.91. The summed E-state index contributed by atoms with van der Waals surface area (Å²) in [5, 5.41) is 3.00. The third kappa shape index (κ3) is 5.66. The van der Waals surface area contributed by atoms with Gasteiger partial charge in [-0.1, -0.05) is 65.0 Å². The Hall–Kier alpha value is -2.82. The molecule has 5 nitrogen and oxygen atoms in total. The quantitative estimate of drug-likeness (QED) is 0.648. The number of anilines is 1. The van der Waals surface area contributed by atoms with Gasteiger partial charge in [-0.25, -0.2) is 0 Å². The van der Waals surface area contributed by atoms with Gasteiger partial charge in [0.25, 0.3) is 5.91 Å². The van der Waals surface area contributed by atoms with Gasteiger partial charge in [-0.2, -0.15) is 0 Å². The Morgan fingerprint density at radius 3 is 2.48 bits per heavy atom. The van der Waals surface area contributed by atoms with Crippen LogP contribution in [-0.2, 0) is 16.1 Å². The van der Waals surface area contributed by atoms with Gasteiger partial charge in [-0.3, -0.25) is 9.59 Å². The molecule has 0 unspecified atom stereocenters. The molecule has 0 bridgehead atoms. The normalized spacial score (nSPS) is 17.4. The van der Waals surface area contributed by atoms with E-state index < -0.39 is 6.10 Å². The zero-order chi connectivity index (χ0) is 22.6. The molecule has 1 N–H and O–H groups in total. The average molecular weight is 423 g/mol. The van der Waals surface area contributed by atoms with Crippen molar-refractivity contribution in [3.05, 3.63) is 59.7 Å². The van der Waals surface area contributed by atoms with E-state index >= 15 is 0 Å². The minimum absolute atomic E-state index is 0.00715. The second-order valence-corrected chi connectivity index (χ2v) is 9.42. The van der Waals surface area contributed by atoms with Crippen molar-refractivity contribution in [2.45, 2.75) is 72.6 Å². The van der Waals surface area contributed by atoms with Crippen LogP contribution >= 0.6 is 0 Å². The first kappa shape index (κ1) is 22.9. The Morgan fingerprint density at radius 2 is 1.87 bits per heavy atom. The number of ether oxygens (including phenoxy) is 1. The van der Waals surface area contributed by atoms with Crippen LogP contribution in [0.1, 0.15) is 71.0 Å². The van der Waals surface area contributed by atoms with Crippen molar-refractivity contribution >= 4 is 17.5 Å². The van der Waals surface area contributed by atoms with E-state index in [2.05, 4.69) is 24.4 Å². The molecule has 1 heterocycles. The highest BCUT2D eigenvalue weighted by Crippen LogP contribution is 2.35. The lowest BCUT2D eigenvalue weighted by Crippen LogP contribution is -2.41. The van der Waals surface area contributed by atoms with Gasteiger partial charge in [-0.15, -0.1) is 0 Å². The van der Waals surface area contributed by atoms with Crippen LogP contribution in [-0.4, -0.2) is 22.8 Å². The van der Waals surface area contributed by atoms with Gasteiger partial charge in [0.15, 0.2) is 6.10 Å². The summed E-state index contributed by atoms with van der Waals surface area (Å²) in [6.45, 7) is 10.6. The molecule has 0 radical (unpaired) electrons. The molecule has 0 aromatic heterocycles. The molecule has 0 saturated heterocycles. The summed E-state index contributed by atoms with van der Waals surface area (Å²) in [5.74, 6) is 0.698. The lowest BCUT2D eigenvalue weighted by molar-refractivity contribution is -0.141. The van der Waals surface area contributed by atoms with Crippen molar-refractivity contribution in [2.75, 3.05) is 5.32 Å². The fourth-order valence-corrected chi connectivity index (χ4v) is 4.07. The summed E-state index contributed by atoms with van der Waals surface area (Å²) in [4.78, 5) is 27.7. The van der Waals surface area contributed by atoms with E-state index in [9.17, 15) is 9.59 Å². The summed E-state index contributed by atoms with van der Waals surface area (Å²) in [6, 6.07) is 15.8. The molecule has 0 saturated carbocycles. The molecule has 3 rings (SSSR count). The van der Waals surface area contributed by atoms with Crippen molar-refractivity contribution in [1.82, 2.24) is 4.90 Å². The highest BCUT2D eigenvalue weighted by Gasteiger charge is 2.34. The van der Waals surface area contributed by atoms with Gasteiger partial charge in [0.05, 0.1) is 12.6 Å². The third-order valence-electron chi connectivity index (χ3n) is 5.52. The second kappa shape index (κ2) is 9.54. The fourth-order valence-electron chi connectivity index (χ4n) is 4.07. The van der Waals surface area contributed by atoms with E-state index in [-0.39, 0.29) is 23.3 Å². The Balaban J connectivity index is 1.92. The van der Waals surface area contributed by atoms with E-state index in [1.54, 1.807) is 0 Å². The number of carbonyl (C=O) groups excluding carboxylic acids is 2. The second-order valence-electron chi connectivity index (χ2n) is 9.42. The molecule has 2 atom stereocenters. The molecular formula is C26H34N2O3. The number of nitrogens with one attached hydrogen (secondary N) is 1. The van der Waals surface area contributed by atoms with Crippen LogP contribution in [0.2, 0.25) is 0 Å². The number of benzene rings is 2. The minimum atomic E-state index is -0.514. The molecule has 0 fully saturated rings. The summed E-state index contributed by atoms with van der Waals surface area (Å²) in [5.41, 5.74) is 2.67. The standard InChI is InChI=1S/C26H34N2O3/c1-6-21(18-11-9-8-10-12-18)28-17-19-15-20(27-24(29)16-26(3,4)5)13-14-23(19)31-22(7-2)25(28)30/h8-15,21-22H,6-7,16-17H2,1-5H3,(H,27,29)/t21-,22-/m1/s1. The molecular weight excluding hydrogens is 388 g/mol. The molecule has 1 aliphatic rings. The summed E-state index contributed by atoms with van der Waals surface area (Å²) in [7, 11) is 0. The van der Waals surface area contributed by atoms with Crippen LogP contribution in [0.25, 0.3) is 0 Å². The first-order chi connectivity index (χ1) is 14.7. The minimum Gasteiger partial charge on any atom is -0.480 e. The SMILES string of the molecule is CC[C@H](c1ccccc1)N1Cc2cc(NC(=O)CC(C)(C)C)ccc2O[C@H](CC)C1=O. The Kier molecular flexibility index (Phi) is 7.04. The Morgan fingerprint density at radius 1 is 1.16 bits per heavy atom.